The zero-order valence-electron chi connectivity index (χ0n) is 14.5. The number of aryl methyl sites for hydroxylation is 2. The van der Waals surface area contributed by atoms with E-state index in [0.717, 1.165) is 31.2 Å². The first kappa shape index (κ1) is 17.6. The summed E-state index contributed by atoms with van der Waals surface area (Å²) in [7, 11) is 0. The molecule has 5 nitrogen and oxygen atoms in total. The van der Waals surface area contributed by atoms with Crippen LogP contribution in [-0.4, -0.2) is 24.0 Å². The molecule has 1 atom stereocenters. The first-order valence-electron chi connectivity index (χ1n) is 8.48. The maximum Gasteiger partial charge on any atom is 0.342 e. The summed E-state index contributed by atoms with van der Waals surface area (Å²) in [5.41, 5.74) is 1.19. The minimum atomic E-state index is -0.806. The van der Waals surface area contributed by atoms with E-state index in [9.17, 15) is 9.59 Å². The molecule has 1 saturated carbocycles. The number of nitrogens with one attached hydrogen (secondary N) is 1. The van der Waals surface area contributed by atoms with Crippen molar-refractivity contribution in [3.05, 3.63) is 22.6 Å². The van der Waals surface area contributed by atoms with Crippen molar-refractivity contribution < 1.29 is 18.7 Å². The molecule has 1 aliphatic carbocycles. The number of ether oxygens (including phenoxy) is 1. The highest BCUT2D eigenvalue weighted by Gasteiger charge is 2.26. The van der Waals surface area contributed by atoms with E-state index < -0.39 is 12.1 Å². The van der Waals surface area contributed by atoms with Crippen LogP contribution in [0.25, 0.3) is 0 Å². The summed E-state index contributed by atoms with van der Waals surface area (Å²) in [4.78, 5) is 24.6. The summed E-state index contributed by atoms with van der Waals surface area (Å²) >= 11 is 0. The van der Waals surface area contributed by atoms with Gasteiger partial charge >= 0.3 is 5.97 Å². The molecule has 1 heterocycles. The van der Waals surface area contributed by atoms with Gasteiger partial charge in [0.05, 0.1) is 0 Å². The number of carbonyl (C=O) groups excluding carboxylic acids is 2. The monoisotopic (exact) mass is 321 g/mol. The SMILES string of the molecule is Cc1oc(C)c(C(=O)O[C@@H](C)C(=O)NC2CCCCCC2)c1C. The average molecular weight is 321 g/mol. The topological polar surface area (TPSA) is 68.5 Å². The third kappa shape index (κ3) is 4.36. The second-order valence-electron chi connectivity index (χ2n) is 6.46. The van der Waals surface area contributed by atoms with Gasteiger partial charge in [0.25, 0.3) is 5.91 Å². The zero-order chi connectivity index (χ0) is 17.0. The van der Waals surface area contributed by atoms with Crippen molar-refractivity contribution in [3.63, 3.8) is 0 Å². The number of hydrogen-bond acceptors (Lipinski definition) is 4. The molecular formula is C18H27NO4. The molecule has 1 aromatic rings. The van der Waals surface area contributed by atoms with Crippen LogP contribution >= 0.6 is 0 Å². The second kappa shape index (κ2) is 7.66. The van der Waals surface area contributed by atoms with Crippen molar-refractivity contribution in [2.45, 2.75) is 78.4 Å². The molecule has 5 heteroatoms. The zero-order valence-corrected chi connectivity index (χ0v) is 14.5. The predicted octanol–water partition coefficient (Wildman–Crippen LogP) is 3.59. The number of amides is 1. The Kier molecular flexibility index (Phi) is 5.85. The van der Waals surface area contributed by atoms with Gasteiger partial charge in [0.1, 0.15) is 17.1 Å². The van der Waals surface area contributed by atoms with Gasteiger partial charge in [0.15, 0.2) is 6.10 Å². The highest BCUT2D eigenvalue weighted by Crippen LogP contribution is 2.22. The summed E-state index contributed by atoms with van der Waals surface area (Å²) in [6, 6.07) is 0.200. The van der Waals surface area contributed by atoms with Crippen LogP contribution in [0.2, 0.25) is 0 Å². The van der Waals surface area contributed by atoms with E-state index in [-0.39, 0.29) is 11.9 Å². The van der Waals surface area contributed by atoms with E-state index in [1.54, 1.807) is 20.8 Å². The van der Waals surface area contributed by atoms with E-state index >= 15 is 0 Å². The minimum Gasteiger partial charge on any atom is -0.465 e. The van der Waals surface area contributed by atoms with E-state index in [1.165, 1.54) is 12.8 Å². The molecule has 2 rings (SSSR count). The third-order valence-electron chi connectivity index (χ3n) is 4.62. The molecule has 0 radical (unpaired) electrons. The molecule has 0 spiro atoms. The van der Waals surface area contributed by atoms with Gasteiger partial charge in [-0.25, -0.2) is 4.79 Å². The normalized spacial score (nSPS) is 17.4. The number of hydrogen-bond donors (Lipinski definition) is 1. The van der Waals surface area contributed by atoms with Gasteiger partial charge in [0, 0.05) is 11.6 Å². The van der Waals surface area contributed by atoms with Crippen molar-refractivity contribution >= 4 is 11.9 Å². The van der Waals surface area contributed by atoms with E-state index in [1.807, 2.05) is 6.92 Å². The summed E-state index contributed by atoms with van der Waals surface area (Å²) in [6.45, 7) is 6.97. The summed E-state index contributed by atoms with van der Waals surface area (Å²) in [6.07, 6.45) is 5.96. The summed E-state index contributed by atoms with van der Waals surface area (Å²) < 4.78 is 10.8. The van der Waals surface area contributed by atoms with Gasteiger partial charge in [-0.05, 0) is 40.5 Å². The fourth-order valence-corrected chi connectivity index (χ4v) is 3.11. The predicted molar refractivity (Wildman–Crippen MR) is 87.4 cm³/mol. The minimum absolute atomic E-state index is 0.200. The van der Waals surface area contributed by atoms with Gasteiger partial charge in [-0.3, -0.25) is 4.79 Å². The Balaban J connectivity index is 1.93. The lowest BCUT2D eigenvalue weighted by molar-refractivity contribution is -0.129. The molecule has 0 aliphatic heterocycles. The molecule has 1 fully saturated rings. The van der Waals surface area contributed by atoms with Gasteiger partial charge in [-0.2, -0.15) is 0 Å². The summed E-state index contributed by atoms with van der Waals surface area (Å²) in [5.74, 6) is 0.507. The number of furan rings is 1. The standard InChI is InChI=1S/C18H27NO4/c1-11-12(2)22-13(3)16(11)18(21)23-14(4)17(20)19-15-9-7-5-6-8-10-15/h14-15H,5-10H2,1-4H3,(H,19,20)/t14-/m0/s1. The van der Waals surface area contributed by atoms with Gasteiger partial charge in [0.2, 0.25) is 0 Å². The lowest BCUT2D eigenvalue weighted by Crippen LogP contribution is -2.41. The summed E-state index contributed by atoms with van der Waals surface area (Å²) in [5, 5.41) is 3.01. The van der Waals surface area contributed by atoms with Crippen molar-refractivity contribution in [2.75, 3.05) is 0 Å². The first-order valence-corrected chi connectivity index (χ1v) is 8.48. The van der Waals surface area contributed by atoms with Crippen LogP contribution in [0.1, 0.15) is 72.9 Å². The molecule has 1 N–H and O–H groups in total. The van der Waals surface area contributed by atoms with Crippen molar-refractivity contribution in [2.24, 2.45) is 0 Å². The lowest BCUT2D eigenvalue weighted by Gasteiger charge is -2.19. The molecule has 128 valence electrons. The Labute approximate surface area is 137 Å². The maximum absolute atomic E-state index is 12.3. The van der Waals surface area contributed by atoms with Gasteiger partial charge in [-0.1, -0.05) is 25.7 Å². The number of carbonyl (C=O) groups is 2. The Morgan fingerprint density at radius 1 is 1.09 bits per heavy atom. The molecule has 1 aliphatic rings. The second-order valence-corrected chi connectivity index (χ2v) is 6.46. The fraction of sp³-hybridized carbons (Fsp3) is 0.667. The molecule has 0 unspecified atom stereocenters. The van der Waals surface area contributed by atoms with Crippen LogP contribution in [0.4, 0.5) is 0 Å². The van der Waals surface area contributed by atoms with E-state index in [2.05, 4.69) is 5.32 Å². The largest absolute Gasteiger partial charge is 0.465 e. The maximum atomic E-state index is 12.3. The number of rotatable bonds is 4. The third-order valence-corrected chi connectivity index (χ3v) is 4.62. The van der Waals surface area contributed by atoms with Crippen molar-refractivity contribution in [1.29, 1.82) is 0 Å². The smallest absolute Gasteiger partial charge is 0.342 e. The molecule has 1 aromatic heterocycles. The van der Waals surface area contributed by atoms with Gasteiger partial charge in [-0.15, -0.1) is 0 Å². The van der Waals surface area contributed by atoms with Gasteiger partial charge < -0.3 is 14.5 Å². The van der Waals surface area contributed by atoms with Crippen molar-refractivity contribution in [3.8, 4) is 0 Å². The van der Waals surface area contributed by atoms with Crippen molar-refractivity contribution in [1.82, 2.24) is 5.32 Å². The Morgan fingerprint density at radius 2 is 1.70 bits per heavy atom. The van der Waals surface area contributed by atoms with Crippen LogP contribution in [0.3, 0.4) is 0 Å². The lowest BCUT2D eigenvalue weighted by atomic mass is 10.1. The molecule has 0 aromatic carbocycles. The van der Waals surface area contributed by atoms with E-state index in [4.69, 9.17) is 9.15 Å². The fourth-order valence-electron chi connectivity index (χ4n) is 3.11. The van der Waals surface area contributed by atoms with Crippen LogP contribution in [0.5, 0.6) is 0 Å². The van der Waals surface area contributed by atoms with E-state index in [0.29, 0.717) is 17.1 Å². The van der Waals surface area contributed by atoms with Crippen LogP contribution < -0.4 is 5.32 Å². The average Bonchev–Trinajstić information content (AvgIpc) is 2.68. The molecule has 1 amide bonds. The highest BCUT2D eigenvalue weighted by molar-refractivity contribution is 5.94. The Bertz CT molecular complexity index is 568. The first-order chi connectivity index (χ1) is 10.9. The molecular weight excluding hydrogens is 294 g/mol. The molecule has 0 bridgehead atoms. The number of esters is 1. The Hall–Kier alpha value is -1.78. The quantitative estimate of drug-likeness (QED) is 0.679. The Morgan fingerprint density at radius 3 is 2.22 bits per heavy atom. The molecule has 23 heavy (non-hydrogen) atoms. The molecule has 0 saturated heterocycles. The highest BCUT2D eigenvalue weighted by atomic mass is 16.5. The van der Waals surface area contributed by atoms with Crippen LogP contribution in [0, 0.1) is 20.8 Å². The van der Waals surface area contributed by atoms with Crippen LogP contribution in [-0.2, 0) is 9.53 Å². The van der Waals surface area contributed by atoms with Crippen LogP contribution in [0.15, 0.2) is 4.42 Å².